The number of fused-ring (bicyclic) bond motifs is 1. The molecule has 2 N–H and O–H groups in total. The van der Waals surface area contributed by atoms with Gasteiger partial charge in [0.1, 0.15) is 17.7 Å². The minimum atomic E-state index is -1.20. The van der Waals surface area contributed by atoms with Crippen LogP contribution in [0.25, 0.3) is 0 Å². The predicted molar refractivity (Wildman–Crippen MR) is 199 cm³/mol. The number of aliphatic hydroxyl groups is 1. The summed E-state index contributed by atoms with van der Waals surface area (Å²) in [6.45, 7) is 18.8. The number of carbonyl (C=O) groups excluding carboxylic acids is 4. The van der Waals surface area contributed by atoms with Gasteiger partial charge in [-0.2, -0.15) is 0 Å². The largest absolute Gasteiger partial charge is 0.455 e. The number of benzene rings is 1. The van der Waals surface area contributed by atoms with E-state index in [2.05, 4.69) is 39.2 Å². The zero-order valence-corrected chi connectivity index (χ0v) is 32.1. The van der Waals surface area contributed by atoms with Crippen LogP contribution in [0.1, 0.15) is 97.7 Å². The van der Waals surface area contributed by atoms with E-state index in [0.29, 0.717) is 63.6 Å². The lowest BCUT2D eigenvalue weighted by Gasteiger charge is -2.45. The van der Waals surface area contributed by atoms with Gasteiger partial charge < -0.3 is 34.4 Å². The lowest BCUT2D eigenvalue weighted by Crippen LogP contribution is -2.61. The van der Waals surface area contributed by atoms with Crippen molar-refractivity contribution in [2.24, 2.45) is 17.3 Å². The average Bonchev–Trinajstić information content (AvgIpc) is 3.73. The Morgan fingerprint density at radius 1 is 1.12 bits per heavy atom. The molecule has 0 aliphatic carbocycles. The molecule has 3 amide bonds. The van der Waals surface area contributed by atoms with Gasteiger partial charge in [0, 0.05) is 38.8 Å². The second kappa shape index (κ2) is 17.5. The summed E-state index contributed by atoms with van der Waals surface area (Å²) in [6.07, 6.45) is 6.06. The molecule has 3 fully saturated rings. The normalized spacial score (nSPS) is 25.0. The first-order valence-electron chi connectivity index (χ1n) is 18.8. The third-order valence-electron chi connectivity index (χ3n) is 10.6. The fraction of sp³-hybridized carbons (Fsp3) is 0.659. The number of hydrogen-bond donors (Lipinski definition) is 2. The van der Waals surface area contributed by atoms with Gasteiger partial charge >= 0.3 is 5.97 Å². The van der Waals surface area contributed by atoms with Crippen LogP contribution >= 0.6 is 0 Å². The number of amides is 3. The summed E-state index contributed by atoms with van der Waals surface area (Å²) < 4.78 is 18.6. The number of carbonyl (C=O) groups is 4. The number of unbranched alkanes of at least 4 members (excludes halogenated alkanes) is 2. The van der Waals surface area contributed by atoms with Crippen molar-refractivity contribution >= 4 is 23.7 Å². The van der Waals surface area contributed by atoms with Crippen molar-refractivity contribution in [2.45, 2.75) is 121 Å². The maximum absolute atomic E-state index is 15.0. The maximum Gasteiger partial charge on any atom is 0.313 e. The summed E-state index contributed by atoms with van der Waals surface area (Å²) in [6, 6.07) is 7.52. The lowest BCUT2D eigenvalue weighted by atomic mass is 9.70. The van der Waals surface area contributed by atoms with Gasteiger partial charge in [0.25, 0.3) is 0 Å². The van der Waals surface area contributed by atoms with Gasteiger partial charge in [0.05, 0.1) is 30.6 Å². The Hall–Kier alpha value is -3.54. The monoisotopic (exact) mass is 723 g/mol. The first-order chi connectivity index (χ1) is 24.7. The number of esters is 1. The molecule has 52 heavy (non-hydrogen) atoms. The van der Waals surface area contributed by atoms with Crippen molar-refractivity contribution < 1.29 is 38.5 Å². The SMILES string of the molecule is C=CCCC(=O)N[C@H](COC)[C@H](OC(=O)[C@@H]1[C@@H]2CC[C@]3(O2)[C@H](C(=O)N(CC=C)C(C)(C)CC(C)(C)C)N(CCCCCO)C(=O)[C@@H]13)c1ccccc1. The first-order valence-corrected chi connectivity index (χ1v) is 18.8. The van der Waals surface area contributed by atoms with Crippen LogP contribution in [0.15, 0.2) is 55.6 Å². The molecule has 0 radical (unpaired) electrons. The molecule has 3 saturated heterocycles. The van der Waals surface area contributed by atoms with E-state index in [-0.39, 0.29) is 42.8 Å². The molecule has 1 aromatic carbocycles. The summed E-state index contributed by atoms with van der Waals surface area (Å²) in [5.74, 6) is -3.21. The van der Waals surface area contributed by atoms with Gasteiger partial charge in [-0.1, -0.05) is 63.3 Å². The first kappa shape index (κ1) is 41.2. The molecule has 11 nitrogen and oxygen atoms in total. The Morgan fingerprint density at radius 3 is 2.44 bits per heavy atom. The quantitative estimate of drug-likeness (QED) is 0.107. The van der Waals surface area contributed by atoms with Crippen LogP contribution in [0, 0.1) is 17.3 Å². The number of rotatable bonds is 20. The Balaban J connectivity index is 1.72. The van der Waals surface area contributed by atoms with E-state index < -0.39 is 53.2 Å². The van der Waals surface area contributed by atoms with E-state index >= 15 is 4.79 Å². The number of nitrogens with one attached hydrogen (secondary N) is 1. The summed E-state index contributed by atoms with van der Waals surface area (Å²) in [4.78, 5) is 60.6. The van der Waals surface area contributed by atoms with E-state index in [9.17, 15) is 19.5 Å². The molecule has 288 valence electrons. The minimum absolute atomic E-state index is 0.0387. The van der Waals surface area contributed by atoms with Crippen molar-refractivity contribution in [1.82, 2.24) is 15.1 Å². The van der Waals surface area contributed by atoms with Gasteiger partial charge in [-0.25, -0.2) is 0 Å². The number of ether oxygens (including phenoxy) is 3. The van der Waals surface area contributed by atoms with Crippen LogP contribution < -0.4 is 5.32 Å². The molecular weight excluding hydrogens is 662 g/mol. The van der Waals surface area contributed by atoms with Crippen molar-refractivity contribution in [3.63, 3.8) is 0 Å². The molecule has 3 heterocycles. The number of hydrogen-bond acceptors (Lipinski definition) is 8. The van der Waals surface area contributed by atoms with Crippen LogP contribution in [-0.4, -0.2) is 101 Å². The number of aliphatic hydroxyl groups excluding tert-OH is 1. The second-order valence-corrected chi connectivity index (χ2v) is 16.4. The minimum Gasteiger partial charge on any atom is -0.455 e. The molecule has 0 aromatic heterocycles. The molecule has 3 aliphatic heterocycles. The molecule has 11 heteroatoms. The molecule has 3 aliphatic rings. The number of likely N-dealkylation sites (tertiary alicyclic amines) is 1. The summed E-state index contributed by atoms with van der Waals surface area (Å²) in [5, 5.41) is 12.4. The van der Waals surface area contributed by atoms with Gasteiger partial charge in [-0.05, 0) is 69.8 Å². The molecule has 2 bridgehead atoms. The number of allylic oxidation sites excluding steroid dienone is 1. The zero-order valence-electron chi connectivity index (χ0n) is 32.1. The molecule has 4 rings (SSSR count). The zero-order chi connectivity index (χ0) is 38.3. The van der Waals surface area contributed by atoms with Crippen molar-refractivity contribution in [3.05, 3.63) is 61.2 Å². The van der Waals surface area contributed by atoms with Gasteiger partial charge in [-0.3, -0.25) is 19.2 Å². The van der Waals surface area contributed by atoms with Crippen LogP contribution in [-0.2, 0) is 33.4 Å². The second-order valence-electron chi connectivity index (χ2n) is 16.4. The fourth-order valence-electron chi connectivity index (χ4n) is 8.94. The summed E-state index contributed by atoms with van der Waals surface area (Å²) >= 11 is 0. The molecule has 7 atom stereocenters. The predicted octanol–water partition coefficient (Wildman–Crippen LogP) is 5.13. The Morgan fingerprint density at radius 2 is 1.83 bits per heavy atom. The molecule has 0 unspecified atom stereocenters. The Kier molecular flexibility index (Phi) is 13.9. The van der Waals surface area contributed by atoms with Crippen molar-refractivity contribution in [3.8, 4) is 0 Å². The Bertz CT molecular complexity index is 1420. The summed E-state index contributed by atoms with van der Waals surface area (Å²) in [7, 11) is 1.52. The smallest absolute Gasteiger partial charge is 0.313 e. The highest BCUT2D eigenvalue weighted by atomic mass is 16.6. The van der Waals surface area contributed by atoms with Crippen molar-refractivity contribution in [2.75, 3.05) is 33.4 Å². The fourth-order valence-corrected chi connectivity index (χ4v) is 8.94. The lowest BCUT2D eigenvalue weighted by molar-refractivity contribution is -0.163. The highest BCUT2D eigenvalue weighted by Crippen LogP contribution is 2.59. The van der Waals surface area contributed by atoms with E-state index in [1.54, 1.807) is 17.1 Å². The number of nitrogens with zero attached hydrogens (tertiary/aromatic N) is 2. The molecule has 0 saturated carbocycles. The van der Waals surface area contributed by atoms with E-state index in [0.717, 1.165) is 0 Å². The van der Waals surface area contributed by atoms with E-state index in [1.807, 2.05) is 49.1 Å². The van der Waals surface area contributed by atoms with Crippen LogP contribution in [0.2, 0.25) is 0 Å². The van der Waals surface area contributed by atoms with Gasteiger partial charge in [0.15, 0.2) is 0 Å². The van der Waals surface area contributed by atoms with Gasteiger partial charge in [-0.15, -0.1) is 13.2 Å². The molecule has 1 spiro atoms. The number of methoxy groups -OCH3 is 1. The van der Waals surface area contributed by atoms with Crippen LogP contribution in [0.4, 0.5) is 0 Å². The maximum atomic E-state index is 15.0. The summed E-state index contributed by atoms with van der Waals surface area (Å²) in [5.41, 5.74) is -1.20. The van der Waals surface area contributed by atoms with E-state index in [4.69, 9.17) is 14.2 Å². The van der Waals surface area contributed by atoms with Gasteiger partial charge in [0.2, 0.25) is 17.7 Å². The van der Waals surface area contributed by atoms with Crippen molar-refractivity contribution in [1.29, 1.82) is 0 Å². The third kappa shape index (κ3) is 8.97. The standard InChI is InChI=1S/C41H61N3O8/c1-9-11-20-31(46)42-29(26-50-8)34(28-18-14-12-15-19-28)51-38(49)32-30-21-22-41(52-30)33(32)36(47)43(24-16-13-17-25-45)35(41)37(48)44(23-10-2)40(6,7)27-39(3,4)5/h9-10,12,14-15,18-19,29-30,32-35,45H,1-2,11,13,16-17,20-27H2,3-8H3,(H,42,46)/t29-,30+,32-,33-,34-,35+,41-/m1/s1. The molecular formula is C41H61N3O8. The highest BCUT2D eigenvalue weighted by molar-refractivity contribution is 5.98. The average molecular weight is 724 g/mol. The van der Waals surface area contributed by atoms with Crippen LogP contribution in [0.5, 0.6) is 0 Å². The third-order valence-corrected chi connectivity index (χ3v) is 10.6. The van der Waals surface area contributed by atoms with Crippen LogP contribution in [0.3, 0.4) is 0 Å². The Labute approximate surface area is 310 Å². The highest BCUT2D eigenvalue weighted by Gasteiger charge is 2.75. The van der Waals surface area contributed by atoms with E-state index in [1.165, 1.54) is 7.11 Å². The molecule has 1 aromatic rings. The topological polar surface area (TPSA) is 135 Å².